The Kier molecular flexibility index (Phi) is 19.0. The zero-order chi connectivity index (χ0) is 25.7. The lowest BCUT2D eigenvalue weighted by Crippen LogP contribution is -2.41. The van der Waals surface area contributed by atoms with Crippen molar-refractivity contribution in [3.63, 3.8) is 0 Å². The van der Waals surface area contributed by atoms with Crippen LogP contribution in [0.2, 0.25) is 0 Å². The van der Waals surface area contributed by atoms with E-state index in [1.165, 1.54) is 0 Å². The van der Waals surface area contributed by atoms with Crippen molar-refractivity contribution in [1.29, 1.82) is 0 Å². The molecular weight excluding hydrogens is 466 g/mol. The minimum Gasteiger partial charge on any atom is -0.394 e. The van der Waals surface area contributed by atoms with E-state index in [-0.39, 0.29) is 6.61 Å². The molecule has 13 heteroatoms. The van der Waals surface area contributed by atoms with Gasteiger partial charge in [-0.05, 0) is 26.7 Å². The summed E-state index contributed by atoms with van der Waals surface area (Å²) >= 11 is 0. The van der Waals surface area contributed by atoms with E-state index in [9.17, 15) is 10.2 Å². The van der Waals surface area contributed by atoms with Crippen molar-refractivity contribution < 1.29 is 48.8 Å². The average Bonchev–Trinajstić information content (AvgIpc) is 3.31. The third kappa shape index (κ3) is 16.2. The molecule has 1 rings (SSSR count). The Balaban J connectivity index is 1.97. The van der Waals surface area contributed by atoms with Crippen molar-refractivity contribution in [1.82, 2.24) is 15.0 Å². The second-order valence-corrected chi connectivity index (χ2v) is 7.81. The van der Waals surface area contributed by atoms with E-state index in [4.69, 9.17) is 38.6 Å². The third-order valence-electron chi connectivity index (χ3n) is 4.78. The summed E-state index contributed by atoms with van der Waals surface area (Å²) in [4.78, 5) is 0. The van der Waals surface area contributed by atoms with Gasteiger partial charge in [0, 0.05) is 13.2 Å². The smallest absolute Gasteiger partial charge is 0.155 e. The Labute approximate surface area is 206 Å². The molecule has 1 heterocycles. The van der Waals surface area contributed by atoms with Crippen molar-refractivity contribution in [2.24, 2.45) is 0 Å². The summed E-state index contributed by atoms with van der Waals surface area (Å²) in [7, 11) is 0. The van der Waals surface area contributed by atoms with Gasteiger partial charge >= 0.3 is 0 Å². The van der Waals surface area contributed by atoms with E-state index >= 15 is 0 Å². The first-order valence-electron chi connectivity index (χ1n) is 12.0. The summed E-state index contributed by atoms with van der Waals surface area (Å²) in [5.41, 5.74) is 0.743. The van der Waals surface area contributed by atoms with Crippen LogP contribution in [0.1, 0.15) is 32.4 Å². The molecule has 0 radical (unpaired) electrons. The van der Waals surface area contributed by atoms with Gasteiger partial charge in [0.15, 0.2) is 6.29 Å². The van der Waals surface area contributed by atoms with Crippen LogP contribution >= 0.6 is 0 Å². The quantitative estimate of drug-likeness (QED) is 0.100. The Morgan fingerprint density at radius 2 is 1.51 bits per heavy atom. The lowest BCUT2D eigenvalue weighted by molar-refractivity contribution is -0.192. The van der Waals surface area contributed by atoms with E-state index in [2.05, 4.69) is 10.3 Å². The van der Waals surface area contributed by atoms with E-state index < -0.39 is 31.2 Å². The molecule has 0 aliphatic rings. The third-order valence-corrected chi connectivity index (χ3v) is 4.78. The topological polar surface area (TPSA) is 167 Å². The molecule has 206 valence electrons. The van der Waals surface area contributed by atoms with Gasteiger partial charge in [0.2, 0.25) is 0 Å². The normalized spacial score (nSPS) is 15.3. The molecule has 0 spiro atoms. The highest BCUT2D eigenvalue weighted by Gasteiger charge is 2.24. The molecule has 0 saturated carbocycles. The molecule has 35 heavy (non-hydrogen) atoms. The van der Waals surface area contributed by atoms with Crippen molar-refractivity contribution >= 4 is 0 Å². The highest BCUT2D eigenvalue weighted by Crippen LogP contribution is 2.08. The molecule has 13 nitrogen and oxygen atoms in total. The molecule has 1 aromatic heterocycles. The molecule has 1 aromatic rings. The van der Waals surface area contributed by atoms with Gasteiger partial charge in [-0.15, -0.1) is 5.10 Å². The zero-order valence-corrected chi connectivity index (χ0v) is 20.9. The fraction of sp³-hybridized carbons (Fsp3) is 0.909. The maximum absolute atomic E-state index is 9.77. The van der Waals surface area contributed by atoms with Crippen LogP contribution in [0.25, 0.3) is 0 Å². The van der Waals surface area contributed by atoms with E-state index in [0.29, 0.717) is 66.0 Å². The van der Waals surface area contributed by atoms with E-state index in [1.807, 2.05) is 6.20 Å². The monoisotopic (exact) mass is 509 g/mol. The fourth-order valence-corrected chi connectivity index (χ4v) is 2.85. The van der Waals surface area contributed by atoms with Crippen molar-refractivity contribution in [2.75, 3.05) is 66.1 Å². The standard InChI is InChI=1S/C22H43N3O10/c1-18(22(29)21(28)16-27)35-19(2)34-8-4-3-7-33-17-20-15-25(24-23-20)5-9-30-11-13-32-14-12-31-10-6-26/h15,18-19,21-22,26-29H,3-14,16-17H2,1-2H3/t18?,19-,21-,22?/m1/s1. The highest BCUT2D eigenvalue weighted by atomic mass is 16.7. The number of aliphatic hydroxyl groups excluding tert-OH is 4. The Bertz CT molecular complexity index is 610. The lowest BCUT2D eigenvalue weighted by Gasteiger charge is -2.25. The number of hydrogen-bond donors (Lipinski definition) is 4. The molecule has 2 unspecified atom stereocenters. The summed E-state index contributed by atoms with van der Waals surface area (Å²) < 4.78 is 34.3. The first kappa shape index (κ1) is 31.8. The molecule has 0 aromatic carbocycles. The van der Waals surface area contributed by atoms with Gasteiger partial charge in [0.25, 0.3) is 0 Å². The SMILES string of the molecule is CC(O[C@H](C)OCCCCOCc1cn(CCOCCOCCOCCO)nn1)C(O)[C@H](O)CO. The highest BCUT2D eigenvalue weighted by molar-refractivity contribution is 4.89. The van der Waals surface area contributed by atoms with Crippen LogP contribution in [0.15, 0.2) is 6.20 Å². The molecule has 0 amide bonds. The molecule has 0 aliphatic heterocycles. The average molecular weight is 510 g/mol. The molecule has 4 N–H and O–H groups in total. The first-order valence-corrected chi connectivity index (χ1v) is 12.0. The summed E-state index contributed by atoms with van der Waals surface area (Å²) in [5.74, 6) is 0. The zero-order valence-electron chi connectivity index (χ0n) is 20.9. The fourth-order valence-electron chi connectivity index (χ4n) is 2.85. The van der Waals surface area contributed by atoms with Crippen molar-refractivity contribution in [2.45, 2.75) is 64.4 Å². The van der Waals surface area contributed by atoms with Gasteiger partial charge in [0.1, 0.15) is 17.9 Å². The van der Waals surface area contributed by atoms with E-state index in [0.717, 1.165) is 18.5 Å². The lowest BCUT2D eigenvalue weighted by atomic mass is 10.1. The van der Waals surface area contributed by atoms with E-state index in [1.54, 1.807) is 18.5 Å². The van der Waals surface area contributed by atoms with Crippen molar-refractivity contribution in [3.8, 4) is 0 Å². The van der Waals surface area contributed by atoms with Gasteiger partial charge in [-0.3, -0.25) is 0 Å². The second-order valence-electron chi connectivity index (χ2n) is 7.81. The Hall–Kier alpha value is -1.26. The molecular formula is C22H43N3O10. The summed E-state index contributed by atoms with van der Waals surface area (Å²) in [6, 6.07) is 0. The summed E-state index contributed by atoms with van der Waals surface area (Å²) in [6.07, 6.45) is -0.250. The van der Waals surface area contributed by atoms with Gasteiger partial charge in [-0.25, -0.2) is 4.68 Å². The van der Waals surface area contributed by atoms with Crippen LogP contribution in [0.3, 0.4) is 0 Å². The van der Waals surface area contributed by atoms with Crippen LogP contribution in [-0.2, 0) is 41.6 Å². The van der Waals surface area contributed by atoms with Crippen LogP contribution in [0, 0.1) is 0 Å². The minimum atomic E-state index is -1.25. The molecule has 0 bridgehead atoms. The summed E-state index contributed by atoms with van der Waals surface area (Å²) in [6.45, 7) is 7.48. The molecule has 0 aliphatic carbocycles. The number of hydrogen-bond acceptors (Lipinski definition) is 12. The van der Waals surface area contributed by atoms with Gasteiger partial charge in [0.05, 0.1) is 78.3 Å². The van der Waals surface area contributed by atoms with Gasteiger partial charge in [-0.2, -0.15) is 0 Å². The van der Waals surface area contributed by atoms with Crippen molar-refractivity contribution in [3.05, 3.63) is 11.9 Å². The molecule has 4 atom stereocenters. The van der Waals surface area contributed by atoms with Gasteiger partial charge in [-0.1, -0.05) is 5.21 Å². The Morgan fingerprint density at radius 3 is 2.20 bits per heavy atom. The number of aromatic nitrogens is 3. The number of nitrogens with zero attached hydrogens (tertiary/aromatic N) is 3. The van der Waals surface area contributed by atoms with Crippen LogP contribution in [0.5, 0.6) is 0 Å². The molecule has 0 saturated heterocycles. The Morgan fingerprint density at radius 1 is 0.857 bits per heavy atom. The maximum Gasteiger partial charge on any atom is 0.155 e. The summed E-state index contributed by atoms with van der Waals surface area (Å²) in [5, 5.41) is 44.8. The number of rotatable bonds is 24. The number of aliphatic hydroxyl groups is 4. The predicted molar refractivity (Wildman–Crippen MR) is 124 cm³/mol. The largest absolute Gasteiger partial charge is 0.394 e. The van der Waals surface area contributed by atoms with Crippen LogP contribution < -0.4 is 0 Å². The molecule has 0 fully saturated rings. The minimum absolute atomic E-state index is 0.0134. The number of ether oxygens (including phenoxy) is 6. The van der Waals surface area contributed by atoms with Crippen LogP contribution in [-0.4, -0.2) is 126 Å². The van der Waals surface area contributed by atoms with Crippen LogP contribution in [0.4, 0.5) is 0 Å². The van der Waals surface area contributed by atoms with Gasteiger partial charge < -0.3 is 48.8 Å². The number of unbranched alkanes of at least 4 members (excludes halogenated alkanes) is 1. The maximum atomic E-state index is 9.77. The predicted octanol–water partition coefficient (Wildman–Crippen LogP) is -0.901. The first-order chi connectivity index (χ1) is 17.0. The second kappa shape index (κ2) is 20.9.